The van der Waals surface area contributed by atoms with Gasteiger partial charge in [-0.2, -0.15) is 0 Å². The zero-order chi connectivity index (χ0) is 16.2. The maximum Gasteiger partial charge on any atom is 0.0459 e. The van der Waals surface area contributed by atoms with Gasteiger partial charge >= 0.3 is 0 Å². The summed E-state index contributed by atoms with van der Waals surface area (Å²) in [6, 6.07) is 16.9. The molecule has 1 aromatic heterocycles. The van der Waals surface area contributed by atoms with Gasteiger partial charge in [-0.25, -0.2) is 0 Å². The summed E-state index contributed by atoms with van der Waals surface area (Å²) in [5.74, 6) is 0. The summed E-state index contributed by atoms with van der Waals surface area (Å²) in [7, 11) is 0. The number of nitrogens with one attached hydrogen (secondary N) is 1. The Morgan fingerprint density at radius 2 is 1.74 bits per heavy atom. The molecule has 1 aliphatic rings. The lowest BCUT2D eigenvalue weighted by Gasteiger charge is -2.10. The zero-order valence-electron chi connectivity index (χ0n) is 14.1. The first-order valence-corrected chi connectivity index (χ1v) is 8.56. The average Bonchev–Trinajstić information content (AvgIpc) is 2.94. The molecule has 0 aliphatic heterocycles. The molecule has 2 nitrogen and oxygen atoms in total. The molecule has 120 valence electrons. The highest BCUT2D eigenvalue weighted by Gasteiger charge is 2.14. The van der Waals surface area contributed by atoms with Gasteiger partial charge in [0, 0.05) is 22.6 Å². The molecule has 1 aliphatic carbocycles. The number of aromatic amines is 1. The Hall–Kier alpha value is -2.06. The number of aromatic nitrogens is 1. The second-order valence-electron chi connectivity index (χ2n) is 6.54. The van der Waals surface area contributed by atoms with E-state index in [0.717, 1.165) is 0 Å². The van der Waals surface area contributed by atoms with Gasteiger partial charge in [0.25, 0.3) is 0 Å². The number of H-pyrrole nitrogens is 1. The van der Waals surface area contributed by atoms with Crippen molar-refractivity contribution in [2.75, 3.05) is 0 Å². The highest BCUT2D eigenvalue weighted by molar-refractivity contribution is 5.85. The van der Waals surface area contributed by atoms with Gasteiger partial charge in [0.05, 0.1) is 0 Å². The minimum Gasteiger partial charge on any atom is -0.358 e. The normalized spacial score (nSPS) is 14.7. The number of aryl methyl sites for hydroxylation is 3. The Kier molecular flexibility index (Phi) is 4.82. The van der Waals surface area contributed by atoms with E-state index in [0.29, 0.717) is 0 Å². The molecule has 1 heterocycles. The van der Waals surface area contributed by atoms with Crippen molar-refractivity contribution in [3.63, 3.8) is 0 Å². The second-order valence-corrected chi connectivity index (χ2v) is 6.54. The van der Waals surface area contributed by atoms with Crippen molar-refractivity contribution >= 4 is 10.9 Å². The van der Waals surface area contributed by atoms with E-state index in [4.69, 9.17) is 5.73 Å². The van der Waals surface area contributed by atoms with Crippen LogP contribution in [0.1, 0.15) is 48.2 Å². The van der Waals surface area contributed by atoms with Crippen LogP contribution >= 0.6 is 0 Å². The van der Waals surface area contributed by atoms with Crippen LogP contribution in [-0.4, -0.2) is 4.98 Å². The van der Waals surface area contributed by atoms with Crippen LogP contribution < -0.4 is 5.73 Å². The Balaban J connectivity index is 0.000000151. The van der Waals surface area contributed by atoms with Crippen molar-refractivity contribution in [3.05, 3.63) is 70.9 Å². The maximum absolute atomic E-state index is 5.61. The first-order valence-electron chi connectivity index (χ1n) is 8.56. The van der Waals surface area contributed by atoms with E-state index in [2.05, 4.69) is 30.1 Å². The third-order valence-corrected chi connectivity index (χ3v) is 4.58. The third kappa shape index (κ3) is 3.65. The molecule has 0 fully saturated rings. The maximum atomic E-state index is 5.61. The Bertz CT molecular complexity index is 769. The monoisotopic (exact) mass is 306 g/mol. The number of hydrogen-bond donors (Lipinski definition) is 2. The van der Waals surface area contributed by atoms with Crippen LogP contribution in [0.5, 0.6) is 0 Å². The van der Waals surface area contributed by atoms with Gasteiger partial charge < -0.3 is 10.7 Å². The van der Waals surface area contributed by atoms with Gasteiger partial charge in [0.15, 0.2) is 0 Å². The van der Waals surface area contributed by atoms with E-state index in [-0.39, 0.29) is 6.04 Å². The van der Waals surface area contributed by atoms with Crippen LogP contribution in [-0.2, 0) is 12.8 Å². The van der Waals surface area contributed by atoms with Gasteiger partial charge in [-0.3, -0.25) is 0 Å². The summed E-state index contributed by atoms with van der Waals surface area (Å²) >= 11 is 0. The molecule has 1 atom stereocenters. The van der Waals surface area contributed by atoms with Crippen molar-refractivity contribution in [2.24, 2.45) is 5.73 Å². The van der Waals surface area contributed by atoms with Crippen molar-refractivity contribution in [2.45, 2.75) is 45.6 Å². The third-order valence-electron chi connectivity index (χ3n) is 4.58. The predicted molar refractivity (Wildman–Crippen MR) is 98.7 cm³/mol. The summed E-state index contributed by atoms with van der Waals surface area (Å²) < 4.78 is 0. The topological polar surface area (TPSA) is 41.8 Å². The molecule has 3 N–H and O–H groups in total. The van der Waals surface area contributed by atoms with Crippen LogP contribution in [0, 0.1) is 6.92 Å². The lowest BCUT2D eigenvalue weighted by Crippen LogP contribution is -2.03. The lowest BCUT2D eigenvalue weighted by atomic mass is 9.95. The fourth-order valence-corrected chi connectivity index (χ4v) is 3.28. The molecule has 0 radical (unpaired) electrons. The predicted octanol–water partition coefficient (Wildman–Crippen LogP) is 5.06. The highest BCUT2D eigenvalue weighted by atomic mass is 14.7. The van der Waals surface area contributed by atoms with Gasteiger partial charge in [0.1, 0.15) is 0 Å². The fourth-order valence-electron chi connectivity index (χ4n) is 3.28. The summed E-state index contributed by atoms with van der Waals surface area (Å²) in [5, 5.41) is 1.46. The van der Waals surface area contributed by atoms with Crippen LogP contribution in [0.25, 0.3) is 10.9 Å². The second kappa shape index (κ2) is 7.01. The molecule has 23 heavy (non-hydrogen) atoms. The van der Waals surface area contributed by atoms with E-state index in [9.17, 15) is 0 Å². The van der Waals surface area contributed by atoms with Crippen molar-refractivity contribution in [1.82, 2.24) is 4.98 Å². The van der Waals surface area contributed by atoms with Crippen molar-refractivity contribution in [1.29, 1.82) is 0 Å². The van der Waals surface area contributed by atoms with Crippen molar-refractivity contribution < 1.29 is 0 Å². The highest BCUT2D eigenvalue weighted by Crippen LogP contribution is 2.29. The minimum absolute atomic E-state index is 0.159. The molecule has 0 bridgehead atoms. The van der Waals surface area contributed by atoms with Gasteiger partial charge in [-0.1, -0.05) is 42.0 Å². The zero-order valence-corrected chi connectivity index (χ0v) is 14.1. The SMILES string of the molecule is CC(N)c1ccccc1.Cc1ccc2[nH]c3c(c2c1)CCCC3. The molecular formula is C21H26N2. The molecule has 1 unspecified atom stereocenters. The van der Waals surface area contributed by atoms with E-state index >= 15 is 0 Å². The molecule has 2 aromatic carbocycles. The molecular weight excluding hydrogens is 280 g/mol. The number of nitrogens with two attached hydrogens (primary N) is 1. The van der Waals surface area contributed by atoms with E-state index in [1.54, 1.807) is 5.56 Å². The summed E-state index contributed by atoms with van der Waals surface area (Å²) in [6.45, 7) is 4.15. The average molecular weight is 306 g/mol. The number of fused-ring (bicyclic) bond motifs is 3. The largest absolute Gasteiger partial charge is 0.358 e. The van der Waals surface area contributed by atoms with Gasteiger partial charge in [0.2, 0.25) is 0 Å². The smallest absolute Gasteiger partial charge is 0.0459 e. The van der Waals surface area contributed by atoms with E-state index in [1.807, 2.05) is 37.3 Å². The van der Waals surface area contributed by atoms with Crippen LogP contribution in [0.3, 0.4) is 0 Å². The van der Waals surface area contributed by atoms with Crippen LogP contribution in [0.15, 0.2) is 48.5 Å². The van der Waals surface area contributed by atoms with E-state index < -0.39 is 0 Å². The van der Waals surface area contributed by atoms with Crippen LogP contribution in [0.4, 0.5) is 0 Å². The Morgan fingerprint density at radius 3 is 2.43 bits per heavy atom. The fraction of sp³-hybridized carbons (Fsp3) is 0.333. The minimum atomic E-state index is 0.159. The van der Waals surface area contributed by atoms with Gasteiger partial charge in [-0.05, 0) is 62.8 Å². The summed E-state index contributed by atoms with van der Waals surface area (Å²) in [6.07, 6.45) is 5.20. The molecule has 2 heteroatoms. The molecule has 3 aromatic rings. The number of benzene rings is 2. The number of hydrogen-bond acceptors (Lipinski definition) is 1. The summed E-state index contributed by atoms with van der Waals surface area (Å²) in [5.41, 5.74) is 12.6. The van der Waals surface area contributed by atoms with E-state index in [1.165, 1.54) is 53.4 Å². The quantitative estimate of drug-likeness (QED) is 0.648. The first-order chi connectivity index (χ1) is 11.1. The standard InChI is InChI=1S/C13H15N.C8H11N/c1-9-6-7-13-11(8-9)10-4-2-3-5-12(10)14-13;1-7(9)8-5-3-2-4-6-8/h6-8,14H,2-5H2,1H3;2-7H,9H2,1H3. The Labute approximate surface area is 138 Å². The molecule has 4 rings (SSSR count). The van der Waals surface area contributed by atoms with Crippen molar-refractivity contribution in [3.8, 4) is 0 Å². The van der Waals surface area contributed by atoms with Crippen LogP contribution in [0.2, 0.25) is 0 Å². The first kappa shape index (κ1) is 15.8. The summed E-state index contributed by atoms with van der Waals surface area (Å²) in [4.78, 5) is 3.54. The lowest BCUT2D eigenvalue weighted by molar-refractivity contribution is 0.680. The molecule has 0 saturated heterocycles. The molecule has 0 amide bonds. The molecule has 0 saturated carbocycles. The molecule has 0 spiro atoms. The number of rotatable bonds is 1. The Morgan fingerprint density at radius 1 is 1.00 bits per heavy atom. The van der Waals surface area contributed by atoms with Gasteiger partial charge in [-0.15, -0.1) is 0 Å².